The van der Waals surface area contributed by atoms with Crippen LogP contribution in [0.25, 0.3) is 33.5 Å². The van der Waals surface area contributed by atoms with Crippen LogP contribution in [0.2, 0.25) is 0 Å². The summed E-state index contributed by atoms with van der Waals surface area (Å²) in [5, 5.41) is 8.69. The quantitative estimate of drug-likeness (QED) is 0.282. The third kappa shape index (κ3) is 3.53. The molecule has 3 aromatic carbocycles. The number of thioether (sulfide) groups is 1. The lowest BCUT2D eigenvalue weighted by Crippen LogP contribution is -2.04. The summed E-state index contributed by atoms with van der Waals surface area (Å²) in [5.41, 5.74) is 4.47. The third-order valence-electron chi connectivity index (χ3n) is 4.89. The summed E-state index contributed by atoms with van der Waals surface area (Å²) in [6, 6.07) is 27.6. The summed E-state index contributed by atoms with van der Waals surface area (Å²) in [6.45, 7) is 0. The van der Waals surface area contributed by atoms with Crippen molar-refractivity contribution in [2.75, 3.05) is 5.75 Å². The van der Waals surface area contributed by atoms with Gasteiger partial charge in [-0.25, -0.2) is 4.98 Å². The van der Waals surface area contributed by atoms with Crippen molar-refractivity contribution in [1.82, 2.24) is 20.2 Å². The van der Waals surface area contributed by atoms with Crippen LogP contribution >= 0.6 is 11.8 Å². The molecule has 5 rings (SSSR count). The molecule has 2 aromatic heterocycles. The Morgan fingerprint density at radius 1 is 0.833 bits per heavy atom. The fraction of sp³-hybridized carbons (Fsp3) is 0.0417. The van der Waals surface area contributed by atoms with E-state index in [2.05, 4.69) is 20.2 Å². The minimum atomic E-state index is 0.0439. The van der Waals surface area contributed by atoms with Gasteiger partial charge in [-0.15, -0.1) is 5.10 Å². The maximum Gasteiger partial charge on any atom is 0.209 e. The molecule has 5 aromatic rings. The van der Waals surface area contributed by atoms with Crippen LogP contribution in [0, 0.1) is 0 Å². The normalized spacial score (nSPS) is 11.1. The number of nitrogens with zero attached hydrogens (tertiary/aromatic N) is 2. The second-order valence-corrected chi connectivity index (χ2v) is 7.77. The summed E-state index contributed by atoms with van der Waals surface area (Å²) < 4.78 is 0. The van der Waals surface area contributed by atoms with Crippen LogP contribution in [0.1, 0.15) is 10.4 Å². The molecule has 2 N–H and O–H groups in total. The van der Waals surface area contributed by atoms with E-state index < -0.39 is 0 Å². The van der Waals surface area contributed by atoms with Gasteiger partial charge in [0.05, 0.1) is 17.0 Å². The molecule has 146 valence electrons. The zero-order valence-electron chi connectivity index (χ0n) is 16.0. The molecule has 0 unspecified atom stereocenters. The fourth-order valence-corrected chi connectivity index (χ4v) is 4.16. The number of hydrogen-bond acceptors (Lipinski definition) is 4. The number of carbonyl (C=O) groups is 1. The average molecular weight is 411 g/mol. The monoisotopic (exact) mass is 410 g/mol. The first kappa shape index (κ1) is 18.4. The zero-order chi connectivity index (χ0) is 20.3. The Bertz CT molecular complexity index is 1310. The molecule has 0 atom stereocenters. The smallest absolute Gasteiger partial charge is 0.209 e. The minimum absolute atomic E-state index is 0.0439. The maximum atomic E-state index is 13.3. The molecular weight excluding hydrogens is 392 g/mol. The minimum Gasteiger partial charge on any atom is -0.354 e. The number of ketones is 1. The molecule has 0 saturated heterocycles. The molecule has 0 saturated carbocycles. The van der Waals surface area contributed by atoms with E-state index in [4.69, 9.17) is 0 Å². The van der Waals surface area contributed by atoms with Crippen LogP contribution in [0.15, 0.2) is 90.1 Å². The van der Waals surface area contributed by atoms with E-state index in [-0.39, 0.29) is 11.5 Å². The Balaban J connectivity index is 1.42. The van der Waals surface area contributed by atoms with Gasteiger partial charge in [0.15, 0.2) is 11.6 Å². The number of aromatic nitrogens is 4. The second-order valence-electron chi connectivity index (χ2n) is 6.83. The first-order chi connectivity index (χ1) is 14.8. The number of para-hydroxylation sites is 1. The molecule has 0 aliphatic carbocycles. The lowest BCUT2D eigenvalue weighted by atomic mass is 10.0. The Labute approximate surface area is 177 Å². The van der Waals surface area contributed by atoms with E-state index in [9.17, 15) is 4.79 Å². The van der Waals surface area contributed by atoms with E-state index in [1.165, 1.54) is 11.8 Å². The van der Waals surface area contributed by atoms with Crippen LogP contribution < -0.4 is 0 Å². The average Bonchev–Trinajstić information content (AvgIpc) is 3.44. The number of H-pyrrole nitrogens is 2. The van der Waals surface area contributed by atoms with Gasteiger partial charge >= 0.3 is 0 Å². The molecule has 0 radical (unpaired) electrons. The molecule has 30 heavy (non-hydrogen) atoms. The highest BCUT2D eigenvalue weighted by atomic mass is 32.2. The molecule has 0 spiro atoms. The SMILES string of the molecule is O=C(CSc1n[nH]c(-c2ccccc2)n1)c1c(-c2ccccc2)[nH]c2ccccc12. The number of nitrogens with one attached hydrogen (secondary N) is 2. The number of fused-ring (bicyclic) bond motifs is 1. The number of aromatic amines is 2. The lowest BCUT2D eigenvalue weighted by Gasteiger charge is -2.04. The number of carbonyl (C=O) groups excluding carboxylic acids is 1. The molecule has 0 aliphatic rings. The molecule has 5 nitrogen and oxygen atoms in total. The number of rotatable bonds is 6. The van der Waals surface area contributed by atoms with Crippen molar-refractivity contribution in [2.24, 2.45) is 0 Å². The molecule has 2 heterocycles. The number of benzene rings is 3. The predicted octanol–water partition coefficient (Wildman–Crippen LogP) is 5.60. The van der Waals surface area contributed by atoms with Gasteiger partial charge in [0, 0.05) is 16.5 Å². The van der Waals surface area contributed by atoms with Crippen molar-refractivity contribution < 1.29 is 4.79 Å². The van der Waals surface area contributed by atoms with Crippen molar-refractivity contribution in [3.05, 3.63) is 90.5 Å². The summed E-state index contributed by atoms with van der Waals surface area (Å²) in [7, 11) is 0. The van der Waals surface area contributed by atoms with Gasteiger partial charge in [-0.05, 0) is 11.6 Å². The van der Waals surface area contributed by atoms with E-state index in [1.807, 2.05) is 84.9 Å². The molecule has 6 heteroatoms. The Hall–Kier alpha value is -3.64. The van der Waals surface area contributed by atoms with Gasteiger partial charge in [0.25, 0.3) is 0 Å². The van der Waals surface area contributed by atoms with Crippen molar-refractivity contribution in [3.63, 3.8) is 0 Å². The Morgan fingerprint density at radius 3 is 2.27 bits per heavy atom. The first-order valence-corrected chi connectivity index (χ1v) is 10.6. The molecule has 0 aliphatic heterocycles. The van der Waals surface area contributed by atoms with Crippen LogP contribution in [0.5, 0.6) is 0 Å². The van der Waals surface area contributed by atoms with Gasteiger partial charge in [-0.2, -0.15) is 0 Å². The van der Waals surface area contributed by atoms with Crippen molar-refractivity contribution in [2.45, 2.75) is 5.16 Å². The Morgan fingerprint density at radius 2 is 1.50 bits per heavy atom. The summed E-state index contributed by atoms with van der Waals surface area (Å²) in [6.07, 6.45) is 0. The van der Waals surface area contributed by atoms with Crippen LogP contribution in [-0.2, 0) is 0 Å². The van der Waals surface area contributed by atoms with Gasteiger partial charge in [-0.3, -0.25) is 9.89 Å². The largest absolute Gasteiger partial charge is 0.354 e. The van der Waals surface area contributed by atoms with Crippen molar-refractivity contribution in [1.29, 1.82) is 0 Å². The predicted molar refractivity (Wildman–Crippen MR) is 121 cm³/mol. The van der Waals surface area contributed by atoms with Gasteiger partial charge in [-0.1, -0.05) is 90.6 Å². The first-order valence-electron chi connectivity index (χ1n) is 9.59. The lowest BCUT2D eigenvalue weighted by molar-refractivity contribution is 0.102. The van der Waals surface area contributed by atoms with Crippen LogP contribution in [0.3, 0.4) is 0 Å². The number of hydrogen-bond donors (Lipinski definition) is 2. The second kappa shape index (κ2) is 8.00. The highest BCUT2D eigenvalue weighted by Gasteiger charge is 2.20. The molecular formula is C24H18N4OS. The third-order valence-corrected chi connectivity index (χ3v) is 5.74. The molecule has 0 amide bonds. The molecule has 0 bridgehead atoms. The van der Waals surface area contributed by atoms with Crippen LogP contribution in [-0.4, -0.2) is 31.7 Å². The highest BCUT2D eigenvalue weighted by molar-refractivity contribution is 7.99. The summed E-state index contributed by atoms with van der Waals surface area (Å²) in [4.78, 5) is 21.2. The maximum absolute atomic E-state index is 13.3. The topological polar surface area (TPSA) is 74.4 Å². The summed E-state index contributed by atoms with van der Waals surface area (Å²) >= 11 is 1.34. The Kier molecular flexibility index (Phi) is 4.91. The van der Waals surface area contributed by atoms with Crippen molar-refractivity contribution >= 4 is 28.4 Å². The van der Waals surface area contributed by atoms with Crippen molar-refractivity contribution in [3.8, 4) is 22.6 Å². The van der Waals surface area contributed by atoms with E-state index >= 15 is 0 Å². The van der Waals surface area contributed by atoms with Gasteiger partial charge in [0.2, 0.25) is 5.16 Å². The summed E-state index contributed by atoms with van der Waals surface area (Å²) in [5.74, 6) is 0.998. The van der Waals surface area contributed by atoms with E-state index in [0.717, 1.165) is 27.7 Å². The fourth-order valence-electron chi connectivity index (χ4n) is 3.49. The van der Waals surface area contributed by atoms with E-state index in [0.29, 0.717) is 16.5 Å². The van der Waals surface area contributed by atoms with Gasteiger partial charge < -0.3 is 4.98 Å². The highest BCUT2D eigenvalue weighted by Crippen LogP contribution is 2.32. The van der Waals surface area contributed by atoms with Crippen LogP contribution in [0.4, 0.5) is 0 Å². The molecule has 0 fully saturated rings. The number of Topliss-reactive ketones (excluding diaryl/α,β-unsaturated/α-hetero) is 1. The van der Waals surface area contributed by atoms with E-state index in [1.54, 1.807) is 0 Å². The standard InChI is InChI=1S/C24H18N4OS/c29-20(15-30-24-26-23(27-28-24)17-11-5-2-6-12-17)21-18-13-7-8-14-19(18)25-22(21)16-9-3-1-4-10-16/h1-14,25H,15H2,(H,26,27,28). The zero-order valence-corrected chi connectivity index (χ0v) is 16.8. The van der Waals surface area contributed by atoms with Gasteiger partial charge in [0.1, 0.15) is 0 Å².